The lowest BCUT2D eigenvalue weighted by Crippen LogP contribution is -1.92. The minimum atomic E-state index is -1.48. The molecule has 21 heavy (non-hydrogen) atoms. The van der Waals surface area contributed by atoms with Crippen LogP contribution in [0.2, 0.25) is 0 Å². The predicted molar refractivity (Wildman–Crippen MR) is 77.3 cm³/mol. The number of halogens is 3. The van der Waals surface area contributed by atoms with E-state index in [0.29, 0.717) is 16.4 Å². The van der Waals surface area contributed by atoms with E-state index in [0.717, 1.165) is 17.7 Å². The zero-order valence-electron chi connectivity index (χ0n) is 10.6. The Labute approximate surface area is 122 Å². The van der Waals surface area contributed by atoms with Gasteiger partial charge in [0.2, 0.25) is 0 Å². The Morgan fingerprint density at radius 3 is 2.33 bits per heavy atom. The van der Waals surface area contributed by atoms with Crippen LogP contribution in [-0.2, 0) is 0 Å². The number of nitrogens with two attached hydrogens (primary N) is 1. The molecule has 6 heteroatoms. The number of nitrogen functional groups attached to an aromatic ring is 1. The molecule has 106 valence electrons. The molecule has 0 spiro atoms. The summed E-state index contributed by atoms with van der Waals surface area (Å²) in [6, 6.07) is 9.02. The first-order valence-electron chi connectivity index (χ1n) is 6.01. The van der Waals surface area contributed by atoms with Crippen LogP contribution in [0.4, 0.5) is 18.9 Å². The Morgan fingerprint density at radius 2 is 1.67 bits per heavy atom. The average molecular weight is 306 g/mol. The fourth-order valence-corrected chi connectivity index (χ4v) is 2.75. The Morgan fingerprint density at radius 1 is 1.00 bits per heavy atom. The molecule has 0 aliphatic carbocycles. The summed E-state index contributed by atoms with van der Waals surface area (Å²) >= 11 is 1.21. The molecule has 0 bridgehead atoms. The molecule has 0 saturated heterocycles. The van der Waals surface area contributed by atoms with E-state index in [-0.39, 0.29) is 5.56 Å². The fraction of sp³-hybridized carbons (Fsp3) is 0. The molecular formula is C15H9F3N2S. The largest absolute Gasteiger partial charge is 0.398 e. The van der Waals surface area contributed by atoms with Gasteiger partial charge in [-0.15, -0.1) is 11.3 Å². The van der Waals surface area contributed by atoms with Crippen molar-refractivity contribution >= 4 is 17.0 Å². The first kappa shape index (κ1) is 13.6. The molecular weight excluding hydrogens is 297 g/mol. The van der Waals surface area contributed by atoms with Gasteiger partial charge in [-0.2, -0.15) is 0 Å². The van der Waals surface area contributed by atoms with Crippen LogP contribution in [0, 0.1) is 17.5 Å². The highest BCUT2D eigenvalue weighted by Crippen LogP contribution is 2.32. The van der Waals surface area contributed by atoms with Crippen LogP contribution in [0.5, 0.6) is 0 Å². The molecule has 3 rings (SSSR count). The second-order valence-electron chi connectivity index (χ2n) is 4.38. The zero-order valence-corrected chi connectivity index (χ0v) is 11.4. The third kappa shape index (κ3) is 2.50. The summed E-state index contributed by atoms with van der Waals surface area (Å²) in [7, 11) is 0. The van der Waals surface area contributed by atoms with Gasteiger partial charge in [-0.05, 0) is 18.2 Å². The molecule has 0 aliphatic heterocycles. The Bertz CT molecular complexity index is 791. The molecule has 1 aromatic heterocycles. The van der Waals surface area contributed by atoms with Gasteiger partial charge >= 0.3 is 0 Å². The normalized spacial score (nSPS) is 10.8. The number of rotatable bonds is 2. The Hall–Kier alpha value is -2.34. The first-order chi connectivity index (χ1) is 10.1. The highest BCUT2D eigenvalue weighted by Gasteiger charge is 2.14. The number of nitrogens with zero attached hydrogens (tertiary/aromatic N) is 1. The summed E-state index contributed by atoms with van der Waals surface area (Å²) < 4.78 is 39.5. The minimum absolute atomic E-state index is 0.192. The standard InChI is InChI=1S/C15H9F3N2S/c16-10-5-8(6-11(17)14(10)18)15-20-13(7-21-15)9-3-1-2-4-12(9)19/h1-7H,19H2. The molecule has 2 nitrogen and oxygen atoms in total. The van der Waals surface area contributed by atoms with Crippen LogP contribution < -0.4 is 5.73 Å². The van der Waals surface area contributed by atoms with Crippen molar-refractivity contribution in [3.63, 3.8) is 0 Å². The van der Waals surface area contributed by atoms with E-state index in [1.54, 1.807) is 23.6 Å². The molecule has 1 heterocycles. The van der Waals surface area contributed by atoms with E-state index in [1.807, 2.05) is 6.07 Å². The summed E-state index contributed by atoms with van der Waals surface area (Å²) in [4.78, 5) is 4.31. The van der Waals surface area contributed by atoms with E-state index in [9.17, 15) is 13.2 Å². The first-order valence-corrected chi connectivity index (χ1v) is 6.89. The number of para-hydroxylation sites is 1. The van der Waals surface area contributed by atoms with Crippen molar-refractivity contribution in [2.45, 2.75) is 0 Å². The SMILES string of the molecule is Nc1ccccc1-c1csc(-c2cc(F)c(F)c(F)c2)n1. The maximum absolute atomic E-state index is 13.3. The summed E-state index contributed by atoms with van der Waals surface area (Å²) in [6.07, 6.45) is 0. The van der Waals surface area contributed by atoms with Gasteiger partial charge < -0.3 is 5.73 Å². The lowest BCUT2D eigenvalue weighted by molar-refractivity contribution is 0.447. The van der Waals surface area contributed by atoms with Crippen molar-refractivity contribution in [1.82, 2.24) is 4.98 Å². The van der Waals surface area contributed by atoms with Crippen molar-refractivity contribution in [2.75, 3.05) is 5.73 Å². The van der Waals surface area contributed by atoms with Crippen LogP contribution in [0.25, 0.3) is 21.8 Å². The maximum Gasteiger partial charge on any atom is 0.194 e. The highest BCUT2D eigenvalue weighted by atomic mass is 32.1. The average Bonchev–Trinajstić information content (AvgIpc) is 2.94. The van der Waals surface area contributed by atoms with Crippen LogP contribution >= 0.6 is 11.3 Å². The van der Waals surface area contributed by atoms with Crippen molar-refractivity contribution in [2.24, 2.45) is 0 Å². The van der Waals surface area contributed by atoms with Crippen LogP contribution in [-0.4, -0.2) is 4.98 Å². The van der Waals surface area contributed by atoms with Gasteiger partial charge in [0, 0.05) is 22.2 Å². The van der Waals surface area contributed by atoms with Crippen LogP contribution in [0.1, 0.15) is 0 Å². The molecule has 3 aromatic rings. The van der Waals surface area contributed by atoms with Gasteiger partial charge in [-0.3, -0.25) is 0 Å². The number of thiazole rings is 1. The monoisotopic (exact) mass is 306 g/mol. The van der Waals surface area contributed by atoms with Crippen molar-refractivity contribution in [1.29, 1.82) is 0 Å². The molecule has 2 N–H and O–H groups in total. The summed E-state index contributed by atoms with van der Waals surface area (Å²) in [5, 5.41) is 2.13. The van der Waals surface area contributed by atoms with Gasteiger partial charge in [-0.1, -0.05) is 18.2 Å². The molecule has 0 saturated carbocycles. The van der Waals surface area contributed by atoms with Gasteiger partial charge in [-0.25, -0.2) is 18.2 Å². The van der Waals surface area contributed by atoms with E-state index >= 15 is 0 Å². The molecule has 2 aromatic carbocycles. The maximum atomic E-state index is 13.3. The number of hydrogen-bond acceptors (Lipinski definition) is 3. The molecule has 0 aliphatic rings. The quantitative estimate of drug-likeness (QED) is 0.560. The highest BCUT2D eigenvalue weighted by molar-refractivity contribution is 7.13. The Kier molecular flexibility index (Phi) is 3.39. The second kappa shape index (κ2) is 5.21. The van der Waals surface area contributed by atoms with Crippen molar-refractivity contribution < 1.29 is 13.2 Å². The minimum Gasteiger partial charge on any atom is -0.398 e. The van der Waals surface area contributed by atoms with Gasteiger partial charge in [0.25, 0.3) is 0 Å². The summed E-state index contributed by atoms with van der Waals surface area (Å²) in [6.45, 7) is 0. The molecule has 0 atom stereocenters. The van der Waals surface area contributed by atoms with Crippen LogP contribution in [0.3, 0.4) is 0 Å². The van der Waals surface area contributed by atoms with Gasteiger partial charge in [0.05, 0.1) is 5.69 Å². The fourth-order valence-electron chi connectivity index (χ4n) is 1.94. The van der Waals surface area contributed by atoms with Crippen LogP contribution in [0.15, 0.2) is 41.8 Å². The molecule has 0 radical (unpaired) electrons. The number of benzene rings is 2. The Balaban J connectivity index is 2.05. The zero-order chi connectivity index (χ0) is 15.0. The third-order valence-electron chi connectivity index (χ3n) is 2.97. The number of aromatic nitrogens is 1. The lowest BCUT2D eigenvalue weighted by atomic mass is 10.1. The summed E-state index contributed by atoms with van der Waals surface area (Å²) in [5.74, 6) is -3.95. The second-order valence-corrected chi connectivity index (χ2v) is 5.24. The predicted octanol–water partition coefficient (Wildman–Crippen LogP) is 4.48. The molecule has 0 amide bonds. The van der Waals surface area contributed by atoms with E-state index in [2.05, 4.69) is 4.98 Å². The van der Waals surface area contributed by atoms with Gasteiger partial charge in [0.15, 0.2) is 17.5 Å². The van der Waals surface area contributed by atoms with Crippen molar-refractivity contribution in [3.05, 3.63) is 59.2 Å². The molecule has 0 fully saturated rings. The number of hydrogen-bond donors (Lipinski definition) is 1. The third-order valence-corrected chi connectivity index (χ3v) is 3.86. The van der Waals surface area contributed by atoms with E-state index in [1.165, 1.54) is 11.3 Å². The van der Waals surface area contributed by atoms with E-state index in [4.69, 9.17) is 5.73 Å². The number of anilines is 1. The van der Waals surface area contributed by atoms with Crippen molar-refractivity contribution in [3.8, 4) is 21.8 Å². The van der Waals surface area contributed by atoms with E-state index < -0.39 is 17.5 Å². The molecule has 0 unspecified atom stereocenters. The smallest absolute Gasteiger partial charge is 0.194 e. The topological polar surface area (TPSA) is 38.9 Å². The van der Waals surface area contributed by atoms with Gasteiger partial charge in [0.1, 0.15) is 5.01 Å². The summed E-state index contributed by atoms with van der Waals surface area (Å²) in [5.41, 5.74) is 7.96. The lowest BCUT2D eigenvalue weighted by Gasteiger charge is -2.01.